The van der Waals surface area contributed by atoms with Crippen LogP contribution in [0.5, 0.6) is 5.75 Å². The molecule has 110 valence electrons. The summed E-state index contributed by atoms with van der Waals surface area (Å²) in [5.41, 5.74) is 1.83. The molecule has 5 heteroatoms. The summed E-state index contributed by atoms with van der Waals surface area (Å²) < 4.78 is 5.33. The Hall–Kier alpha value is -2.40. The minimum atomic E-state index is -0.356. The number of hydrogen-bond donors (Lipinski definition) is 1. The highest BCUT2D eigenvalue weighted by Crippen LogP contribution is 2.25. The fraction of sp³-hybridized carbons (Fsp3) is 0.250. The summed E-state index contributed by atoms with van der Waals surface area (Å²) in [5.74, 6) is 0.806. The number of methoxy groups -OCH3 is 1. The molecule has 0 unspecified atom stereocenters. The van der Waals surface area contributed by atoms with Crippen molar-refractivity contribution in [3.8, 4) is 5.75 Å². The summed E-state index contributed by atoms with van der Waals surface area (Å²) in [4.78, 5) is 10.6. The van der Waals surface area contributed by atoms with E-state index in [1.54, 1.807) is 25.3 Å². The number of nitrogens with one attached hydrogen (secondary N) is 1. The van der Waals surface area contributed by atoms with Crippen molar-refractivity contribution in [1.82, 2.24) is 5.32 Å². The van der Waals surface area contributed by atoms with Crippen molar-refractivity contribution in [3.05, 3.63) is 69.8 Å². The number of nitro benzene ring substituents is 1. The molecule has 1 atom stereocenters. The first-order chi connectivity index (χ1) is 10.1. The molecule has 0 aliphatic heterocycles. The molecule has 2 aromatic carbocycles. The second kappa shape index (κ2) is 6.85. The van der Waals surface area contributed by atoms with Crippen molar-refractivity contribution < 1.29 is 9.66 Å². The molecule has 0 saturated carbocycles. The van der Waals surface area contributed by atoms with E-state index >= 15 is 0 Å². The molecule has 0 aromatic heterocycles. The first-order valence-corrected chi connectivity index (χ1v) is 6.72. The van der Waals surface area contributed by atoms with Crippen molar-refractivity contribution >= 4 is 5.69 Å². The number of nitrogens with zero attached hydrogens (tertiary/aromatic N) is 1. The summed E-state index contributed by atoms with van der Waals surface area (Å²) in [6, 6.07) is 14.5. The standard InChI is InChI=1S/C16H18N2O3/c1-12(14-8-4-6-10-16(14)21-2)17-11-13-7-3-5-9-15(13)18(19)20/h3-10,12,17H,11H2,1-2H3/t12-/m0/s1. The fourth-order valence-electron chi connectivity index (χ4n) is 2.24. The van der Waals surface area contributed by atoms with E-state index in [0.29, 0.717) is 12.1 Å². The summed E-state index contributed by atoms with van der Waals surface area (Å²) in [7, 11) is 1.63. The van der Waals surface area contributed by atoms with Crippen LogP contribution in [0.2, 0.25) is 0 Å². The Morgan fingerprint density at radius 3 is 2.57 bits per heavy atom. The second-order valence-electron chi connectivity index (χ2n) is 4.73. The van der Waals surface area contributed by atoms with Crippen molar-refractivity contribution in [2.24, 2.45) is 0 Å². The first-order valence-electron chi connectivity index (χ1n) is 6.72. The topological polar surface area (TPSA) is 64.4 Å². The number of benzene rings is 2. The Balaban J connectivity index is 2.11. The van der Waals surface area contributed by atoms with Gasteiger partial charge < -0.3 is 10.1 Å². The number of nitro groups is 1. The van der Waals surface area contributed by atoms with Gasteiger partial charge in [0.2, 0.25) is 0 Å². The van der Waals surface area contributed by atoms with Gasteiger partial charge in [0.15, 0.2) is 0 Å². The first kappa shape index (κ1) is 15.0. The zero-order valence-electron chi connectivity index (χ0n) is 12.1. The summed E-state index contributed by atoms with van der Waals surface area (Å²) in [6.45, 7) is 2.43. The molecule has 0 aliphatic rings. The van der Waals surface area contributed by atoms with Gasteiger partial charge in [-0.15, -0.1) is 0 Å². The second-order valence-corrected chi connectivity index (χ2v) is 4.73. The van der Waals surface area contributed by atoms with Gasteiger partial charge >= 0.3 is 0 Å². The van der Waals surface area contributed by atoms with Crippen LogP contribution in [0.4, 0.5) is 5.69 Å². The molecule has 2 rings (SSSR count). The van der Waals surface area contributed by atoms with E-state index < -0.39 is 0 Å². The molecule has 0 aliphatic carbocycles. The quantitative estimate of drug-likeness (QED) is 0.652. The van der Waals surface area contributed by atoms with Gasteiger partial charge in [-0.25, -0.2) is 0 Å². The summed E-state index contributed by atoms with van der Waals surface area (Å²) in [6.07, 6.45) is 0. The number of hydrogen-bond acceptors (Lipinski definition) is 4. The van der Waals surface area contributed by atoms with Gasteiger partial charge in [-0.1, -0.05) is 36.4 Å². The fourth-order valence-corrected chi connectivity index (χ4v) is 2.24. The van der Waals surface area contributed by atoms with Crippen molar-refractivity contribution in [3.63, 3.8) is 0 Å². The molecule has 0 saturated heterocycles. The van der Waals surface area contributed by atoms with E-state index in [-0.39, 0.29) is 16.7 Å². The molecule has 1 N–H and O–H groups in total. The molecule has 0 amide bonds. The van der Waals surface area contributed by atoms with Gasteiger partial charge in [0.1, 0.15) is 5.75 Å². The third-order valence-electron chi connectivity index (χ3n) is 3.39. The Labute approximate surface area is 123 Å². The van der Waals surface area contributed by atoms with E-state index in [0.717, 1.165) is 11.3 Å². The molecule has 0 spiro atoms. The van der Waals surface area contributed by atoms with Crippen LogP contribution in [0.3, 0.4) is 0 Å². The zero-order valence-corrected chi connectivity index (χ0v) is 12.1. The average Bonchev–Trinajstić information content (AvgIpc) is 2.52. The maximum atomic E-state index is 11.0. The lowest BCUT2D eigenvalue weighted by Gasteiger charge is -2.17. The van der Waals surface area contributed by atoms with E-state index in [9.17, 15) is 10.1 Å². The monoisotopic (exact) mass is 286 g/mol. The van der Waals surface area contributed by atoms with E-state index in [1.165, 1.54) is 6.07 Å². The number of para-hydroxylation sites is 2. The Morgan fingerprint density at radius 2 is 1.86 bits per heavy atom. The number of rotatable bonds is 6. The minimum Gasteiger partial charge on any atom is -0.496 e. The van der Waals surface area contributed by atoms with E-state index in [2.05, 4.69) is 5.32 Å². The van der Waals surface area contributed by atoms with Crippen LogP contribution in [-0.2, 0) is 6.54 Å². The summed E-state index contributed by atoms with van der Waals surface area (Å²) >= 11 is 0. The summed E-state index contributed by atoms with van der Waals surface area (Å²) in [5, 5.41) is 14.3. The SMILES string of the molecule is COc1ccccc1[C@H](C)NCc1ccccc1[N+](=O)[O-]. The van der Waals surface area contributed by atoms with Crippen LogP contribution in [0.15, 0.2) is 48.5 Å². The van der Waals surface area contributed by atoms with Gasteiger partial charge in [0.05, 0.1) is 12.0 Å². The van der Waals surface area contributed by atoms with E-state index in [1.807, 2.05) is 31.2 Å². The Bertz CT molecular complexity index is 628. The van der Waals surface area contributed by atoms with Crippen LogP contribution >= 0.6 is 0 Å². The zero-order chi connectivity index (χ0) is 15.2. The van der Waals surface area contributed by atoms with Crippen LogP contribution in [0, 0.1) is 10.1 Å². The molecular formula is C16H18N2O3. The van der Waals surface area contributed by atoms with E-state index in [4.69, 9.17) is 4.74 Å². The maximum Gasteiger partial charge on any atom is 0.273 e. The Morgan fingerprint density at radius 1 is 1.19 bits per heavy atom. The van der Waals surface area contributed by atoms with Crippen molar-refractivity contribution in [2.45, 2.75) is 19.5 Å². The van der Waals surface area contributed by atoms with Gasteiger partial charge in [0, 0.05) is 29.8 Å². The maximum absolute atomic E-state index is 11.0. The molecule has 21 heavy (non-hydrogen) atoms. The predicted molar refractivity (Wildman–Crippen MR) is 81.3 cm³/mol. The minimum absolute atomic E-state index is 0.0287. The molecular weight excluding hydrogens is 268 g/mol. The van der Waals surface area contributed by atoms with Gasteiger partial charge in [0.25, 0.3) is 5.69 Å². The lowest BCUT2D eigenvalue weighted by atomic mass is 10.1. The van der Waals surface area contributed by atoms with Gasteiger partial charge in [-0.2, -0.15) is 0 Å². The number of ether oxygens (including phenoxy) is 1. The van der Waals surface area contributed by atoms with Crippen LogP contribution in [0.1, 0.15) is 24.1 Å². The lowest BCUT2D eigenvalue weighted by Crippen LogP contribution is -2.19. The lowest BCUT2D eigenvalue weighted by molar-refractivity contribution is -0.385. The third-order valence-corrected chi connectivity index (χ3v) is 3.39. The average molecular weight is 286 g/mol. The highest BCUT2D eigenvalue weighted by Gasteiger charge is 2.15. The molecule has 0 heterocycles. The van der Waals surface area contributed by atoms with Crippen molar-refractivity contribution in [2.75, 3.05) is 7.11 Å². The van der Waals surface area contributed by atoms with Gasteiger partial charge in [-0.3, -0.25) is 10.1 Å². The molecule has 2 aromatic rings. The molecule has 0 fully saturated rings. The predicted octanol–water partition coefficient (Wildman–Crippen LogP) is 3.45. The van der Waals surface area contributed by atoms with Crippen LogP contribution in [0.25, 0.3) is 0 Å². The van der Waals surface area contributed by atoms with Crippen molar-refractivity contribution in [1.29, 1.82) is 0 Å². The largest absolute Gasteiger partial charge is 0.496 e. The molecule has 0 bridgehead atoms. The highest BCUT2D eigenvalue weighted by molar-refractivity contribution is 5.40. The smallest absolute Gasteiger partial charge is 0.273 e. The normalized spacial score (nSPS) is 11.9. The highest BCUT2D eigenvalue weighted by atomic mass is 16.6. The Kier molecular flexibility index (Phi) is 4.90. The third kappa shape index (κ3) is 3.58. The molecule has 5 nitrogen and oxygen atoms in total. The molecule has 0 radical (unpaired) electrons. The van der Waals surface area contributed by atoms with Crippen LogP contribution < -0.4 is 10.1 Å². The van der Waals surface area contributed by atoms with Crippen LogP contribution in [-0.4, -0.2) is 12.0 Å². The van der Waals surface area contributed by atoms with Gasteiger partial charge in [-0.05, 0) is 13.0 Å².